The molecule has 0 saturated carbocycles. The molecule has 1 aliphatic rings. The summed E-state index contributed by atoms with van der Waals surface area (Å²) in [6.07, 6.45) is 10.3. The lowest BCUT2D eigenvalue weighted by atomic mass is 10.0. The second-order valence-electron chi connectivity index (χ2n) is 3.36. The van der Waals surface area contributed by atoms with Gasteiger partial charge in [-0.1, -0.05) is 12.2 Å². The Labute approximate surface area is 72.9 Å². The lowest BCUT2D eigenvalue weighted by Gasteiger charge is -2.16. The third-order valence-corrected chi connectivity index (χ3v) is 2.31. The van der Waals surface area contributed by atoms with Gasteiger partial charge in [0.1, 0.15) is 0 Å². The molecule has 0 amide bonds. The first kappa shape index (κ1) is 7.59. The van der Waals surface area contributed by atoms with E-state index in [4.69, 9.17) is 0 Å². The van der Waals surface area contributed by atoms with Crippen LogP contribution in [0.25, 0.3) is 0 Å². The van der Waals surface area contributed by atoms with Crippen molar-refractivity contribution in [2.75, 3.05) is 0 Å². The zero-order valence-electron chi connectivity index (χ0n) is 7.40. The molecule has 2 nitrogen and oxygen atoms in total. The number of rotatable bonds is 1. The number of hydrogen-bond donors (Lipinski definition) is 0. The van der Waals surface area contributed by atoms with Crippen molar-refractivity contribution in [3.05, 3.63) is 30.1 Å². The molecule has 0 bridgehead atoms. The quantitative estimate of drug-likeness (QED) is 0.580. The average molecular weight is 162 g/mol. The summed E-state index contributed by atoms with van der Waals surface area (Å²) < 4.78 is 2.06. The smallest absolute Gasteiger partial charge is 0.0699 e. The molecule has 0 fully saturated rings. The largest absolute Gasteiger partial charge is 0.266 e. The Morgan fingerprint density at radius 1 is 1.58 bits per heavy atom. The van der Waals surface area contributed by atoms with E-state index in [9.17, 15) is 0 Å². The highest BCUT2D eigenvalue weighted by molar-refractivity contribution is 5.01. The molecule has 0 radical (unpaired) electrons. The number of aryl methyl sites for hydroxylation is 1. The summed E-state index contributed by atoms with van der Waals surface area (Å²) in [5, 5.41) is 4.40. The van der Waals surface area contributed by atoms with Crippen LogP contribution in [0.1, 0.15) is 31.0 Å². The van der Waals surface area contributed by atoms with Crippen molar-refractivity contribution >= 4 is 0 Å². The first-order valence-corrected chi connectivity index (χ1v) is 4.55. The molecule has 1 aromatic rings. The molecule has 0 spiro atoms. The van der Waals surface area contributed by atoms with E-state index in [1.807, 2.05) is 6.92 Å². The van der Waals surface area contributed by atoms with Gasteiger partial charge in [-0.25, -0.2) is 0 Å². The van der Waals surface area contributed by atoms with Crippen LogP contribution in [0.3, 0.4) is 0 Å². The minimum absolute atomic E-state index is 0.507. The van der Waals surface area contributed by atoms with Crippen LogP contribution in [0.15, 0.2) is 24.4 Å². The van der Waals surface area contributed by atoms with Crippen LogP contribution in [-0.4, -0.2) is 9.78 Å². The van der Waals surface area contributed by atoms with Crippen LogP contribution in [0, 0.1) is 6.92 Å². The second-order valence-corrected chi connectivity index (χ2v) is 3.36. The zero-order chi connectivity index (χ0) is 8.39. The van der Waals surface area contributed by atoms with Crippen molar-refractivity contribution < 1.29 is 0 Å². The SMILES string of the molecule is Cc1ccn(C2C=CCCC2)n1. The first-order valence-electron chi connectivity index (χ1n) is 4.55. The van der Waals surface area contributed by atoms with Crippen molar-refractivity contribution in [1.82, 2.24) is 9.78 Å². The molecule has 0 aromatic carbocycles. The van der Waals surface area contributed by atoms with Gasteiger partial charge in [-0.05, 0) is 32.3 Å². The maximum Gasteiger partial charge on any atom is 0.0699 e. The van der Waals surface area contributed by atoms with Crippen LogP contribution in [-0.2, 0) is 0 Å². The normalized spacial score (nSPS) is 22.9. The molecular weight excluding hydrogens is 148 g/mol. The van der Waals surface area contributed by atoms with Crippen molar-refractivity contribution in [2.45, 2.75) is 32.2 Å². The standard InChI is InChI=1S/C10H14N2/c1-9-7-8-12(11-9)10-5-3-2-4-6-10/h3,5,7-8,10H,2,4,6H2,1H3. The Bertz CT molecular complexity index is 286. The van der Waals surface area contributed by atoms with Crippen LogP contribution >= 0.6 is 0 Å². The Kier molecular flexibility index (Phi) is 1.98. The monoisotopic (exact) mass is 162 g/mol. The average Bonchev–Trinajstić information content (AvgIpc) is 2.54. The van der Waals surface area contributed by atoms with Crippen molar-refractivity contribution in [3.8, 4) is 0 Å². The Balaban J connectivity index is 2.18. The number of allylic oxidation sites excluding steroid dienone is 2. The highest BCUT2D eigenvalue weighted by Crippen LogP contribution is 2.21. The maximum atomic E-state index is 4.40. The molecule has 1 aromatic heterocycles. The highest BCUT2D eigenvalue weighted by atomic mass is 15.3. The van der Waals surface area contributed by atoms with Gasteiger partial charge < -0.3 is 0 Å². The van der Waals surface area contributed by atoms with E-state index in [1.165, 1.54) is 19.3 Å². The summed E-state index contributed by atoms with van der Waals surface area (Å²) in [7, 11) is 0. The number of nitrogens with zero attached hydrogens (tertiary/aromatic N) is 2. The molecule has 1 unspecified atom stereocenters. The maximum absolute atomic E-state index is 4.40. The van der Waals surface area contributed by atoms with E-state index >= 15 is 0 Å². The van der Waals surface area contributed by atoms with Crippen molar-refractivity contribution in [3.63, 3.8) is 0 Å². The fourth-order valence-electron chi connectivity index (χ4n) is 1.63. The van der Waals surface area contributed by atoms with E-state index in [1.54, 1.807) is 0 Å². The molecule has 0 N–H and O–H groups in total. The van der Waals surface area contributed by atoms with Gasteiger partial charge in [0.05, 0.1) is 11.7 Å². The van der Waals surface area contributed by atoms with Gasteiger partial charge in [0, 0.05) is 6.20 Å². The summed E-state index contributed by atoms with van der Waals surface area (Å²) in [5.74, 6) is 0. The summed E-state index contributed by atoms with van der Waals surface area (Å²) >= 11 is 0. The molecule has 2 heteroatoms. The molecule has 1 atom stereocenters. The molecule has 1 aliphatic carbocycles. The molecule has 0 aliphatic heterocycles. The lowest BCUT2D eigenvalue weighted by Crippen LogP contribution is -2.09. The molecular formula is C10H14N2. The van der Waals surface area contributed by atoms with Crippen molar-refractivity contribution in [1.29, 1.82) is 0 Å². The molecule has 64 valence electrons. The minimum Gasteiger partial charge on any atom is -0.266 e. The molecule has 2 rings (SSSR count). The second kappa shape index (κ2) is 3.13. The molecule has 0 saturated heterocycles. The van der Waals surface area contributed by atoms with E-state index in [0.717, 1.165) is 5.69 Å². The van der Waals surface area contributed by atoms with Gasteiger partial charge in [-0.15, -0.1) is 0 Å². The van der Waals surface area contributed by atoms with Gasteiger partial charge in [0.25, 0.3) is 0 Å². The predicted octanol–water partition coefficient (Wildman–Crippen LogP) is 2.47. The van der Waals surface area contributed by atoms with Crippen molar-refractivity contribution in [2.24, 2.45) is 0 Å². The summed E-state index contributed by atoms with van der Waals surface area (Å²) in [6, 6.07) is 2.56. The Hall–Kier alpha value is -1.05. The lowest BCUT2D eigenvalue weighted by molar-refractivity contribution is 0.472. The van der Waals surface area contributed by atoms with Crippen LogP contribution in [0.4, 0.5) is 0 Å². The summed E-state index contributed by atoms with van der Waals surface area (Å²) in [5.41, 5.74) is 1.11. The van der Waals surface area contributed by atoms with Gasteiger partial charge >= 0.3 is 0 Å². The van der Waals surface area contributed by atoms with E-state index < -0.39 is 0 Å². The van der Waals surface area contributed by atoms with Crippen LogP contribution in [0.2, 0.25) is 0 Å². The predicted molar refractivity (Wildman–Crippen MR) is 49.0 cm³/mol. The fraction of sp³-hybridized carbons (Fsp3) is 0.500. The van der Waals surface area contributed by atoms with Crippen LogP contribution < -0.4 is 0 Å². The molecule has 1 heterocycles. The Morgan fingerprint density at radius 3 is 3.08 bits per heavy atom. The summed E-state index contributed by atoms with van der Waals surface area (Å²) in [6.45, 7) is 2.03. The topological polar surface area (TPSA) is 17.8 Å². The van der Waals surface area contributed by atoms with Gasteiger partial charge in [-0.3, -0.25) is 4.68 Å². The Morgan fingerprint density at radius 2 is 2.50 bits per heavy atom. The minimum atomic E-state index is 0.507. The van der Waals surface area contributed by atoms with E-state index in [2.05, 4.69) is 34.2 Å². The van der Waals surface area contributed by atoms with E-state index in [0.29, 0.717) is 6.04 Å². The van der Waals surface area contributed by atoms with E-state index in [-0.39, 0.29) is 0 Å². The third kappa shape index (κ3) is 1.42. The van der Waals surface area contributed by atoms with Gasteiger partial charge in [0.2, 0.25) is 0 Å². The van der Waals surface area contributed by atoms with Gasteiger partial charge in [-0.2, -0.15) is 5.10 Å². The molecule has 12 heavy (non-hydrogen) atoms. The number of aromatic nitrogens is 2. The van der Waals surface area contributed by atoms with Crippen LogP contribution in [0.5, 0.6) is 0 Å². The number of hydrogen-bond acceptors (Lipinski definition) is 1. The third-order valence-electron chi connectivity index (χ3n) is 2.31. The fourth-order valence-corrected chi connectivity index (χ4v) is 1.63. The van der Waals surface area contributed by atoms with Gasteiger partial charge in [0.15, 0.2) is 0 Å². The highest BCUT2D eigenvalue weighted by Gasteiger charge is 2.09. The zero-order valence-corrected chi connectivity index (χ0v) is 7.40. The first-order chi connectivity index (χ1) is 5.86. The summed E-state index contributed by atoms with van der Waals surface area (Å²) in [4.78, 5) is 0.